The van der Waals surface area contributed by atoms with Gasteiger partial charge in [-0.3, -0.25) is 9.59 Å². The van der Waals surface area contributed by atoms with E-state index in [4.69, 9.17) is 14.2 Å². The van der Waals surface area contributed by atoms with E-state index in [-0.39, 0.29) is 42.7 Å². The molecule has 0 radical (unpaired) electrons. The summed E-state index contributed by atoms with van der Waals surface area (Å²) in [5, 5.41) is 9.59. The zero-order valence-electron chi connectivity index (χ0n) is 33.6. The van der Waals surface area contributed by atoms with Crippen molar-refractivity contribution in [2.75, 3.05) is 41.0 Å². The van der Waals surface area contributed by atoms with Gasteiger partial charge in [-0.15, -0.1) is 0 Å². The fourth-order valence-corrected chi connectivity index (χ4v) is 5.88. The highest BCUT2D eigenvalue weighted by molar-refractivity contribution is 5.72. The first kappa shape index (κ1) is 48.5. The summed E-state index contributed by atoms with van der Waals surface area (Å²) in [4.78, 5) is 36.8. The Morgan fingerprint density at radius 2 is 1.10 bits per heavy atom. The Bertz CT molecular complexity index is 937. The number of quaternary nitrogens is 1. The molecule has 0 aliphatic heterocycles. The molecule has 0 amide bonds. The van der Waals surface area contributed by atoms with Gasteiger partial charge < -0.3 is 23.8 Å². The Balaban J connectivity index is 4.40. The minimum atomic E-state index is -0.882. The number of carboxylic acid groups (broad SMARTS) is 1. The standard InChI is InChI=1S/C43H77NO7/c1-6-8-10-12-14-16-18-19-20-21-22-24-26-28-30-32-34-42(46)51-39(37-49-36-35-40(43(47)48)44(3,4)5)38-50-41(45)33-31-29-27-25-23-17-15-13-11-9-7-2/h9,11,15,17,25,27,39-40H,6-8,10,12-14,16,18-24,26,28-38H2,1-5H3/p+1/b11-9+,17-15+,27-25+. The zero-order valence-corrected chi connectivity index (χ0v) is 33.6. The first-order valence-electron chi connectivity index (χ1n) is 20.5. The van der Waals surface area contributed by atoms with E-state index in [1.54, 1.807) is 0 Å². The summed E-state index contributed by atoms with van der Waals surface area (Å²) in [6, 6.07) is -0.619. The molecule has 8 heteroatoms. The number of likely N-dealkylation sites (N-methyl/N-ethyl adjacent to an activating group) is 1. The van der Waals surface area contributed by atoms with Crippen molar-refractivity contribution in [2.24, 2.45) is 0 Å². The molecule has 0 saturated carbocycles. The van der Waals surface area contributed by atoms with E-state index in [9.17, 15) is 19.5 Å². The van der Waals surface area contributed by atoms with Gasteiger partial charge in [-0.2, -0.15) is 0 Å². The summed E-state index contributed by atoms with van der Waals surface area (Å²) < 4.78 is 17.2. The molecule has 0 rings (SSSR count). The average molecular weight is 721 g/mol. The van der Waals surface area contributed by atoms with Gasteiger partial charge in [-0.25, -0.2) is 4.79 Å². The fourth-order valence-electron chi connectivity index (χ4n) is 5.88. The molecule has 296 valence electrons. The van der Waals surface area contributed by atoms with E-state index in [0.29, 0.717) is 19.3 Å². The average Bonchev–Trinajstić information content (AvgIpc) is 3.08. The molecular formula is C43H78NO7+. The van der Waals surface area contributed by atoms with Gasteiger partial charge in [0.1, 0.15) is 6.61 Å². The lowest BCUT2D eigenvalue weighted by Crippen LogP contribution is -2.50. The molecule has 0 heterocycles. The number of allylic oxidation sites excluding steroid dienone is 6. The molecular weight excluding hydrogens is 642 g/mol. The molecule has 0 aromatic carbocycles. The van der Waals surface area contributed by atoms with E-state index < -0.39 is 18.1 Å². The van der Waals surface area contributed by atoms with E-state index >= 15 is 0 Å². The van der Waals surface area contributed by atoms with Crippen LogP contribution in [-0.2, 0) is 28.6 Å². The van der Waals surface area contributed by atoms with Crippen molar-refractivity contribution in [1.29, 1.82) is 0 Å². The molecule has 2 unspecified atom stereocenters. The normalized spacial score (nSPS) is 13.4. The Kier molecular flexibility index (Phi) is 33.0. The lowest BCUT2D eigenvalue weighted by Gasteiger charge is -2.31. The van der Waals surface area contributed by atoms with E-state index in [0.717, 1.165) is 44.9 Å². The summed E-state index contributed by atoms with van der Waals surface area (Å²) >= 11 is 0. The zero-order chi connectivity index (χ0) is 37.8. The number of nitrogens with zero attached hydrogens (tertiary/aromatic N) is 1. The van der Waals surface area contributed by atoms with Crippen LogP contribution < -0.4 is 0 Å². The number of hydrogen-bond acceptors (Lipinski definition) is 6. The van der Waals surface area contributed by atoms with Gasteiger partial charge in [0, 0.05) is 19.3 Å². The molecule has 0 aromatic heterocycles. The molecule has 0 aliphatic rings. The van der Waals surface area contributed by atoms with Gasteiger partial charge in [0.15, 0.2) is 12.1 Å². The van der Waals surface area contributed by atoms with Crippen LogP contribution in [-0.4, -0.2) is 80.6 Å². The number of esters is 2. The van der Waals surface area contributed by atoms with Gasteiger partial charge in [0.25, 0.3) is 0 Å². The summed E-state index contributed by atoms with van der Waals surface area (Å²) in [5.74, 6) is -1.53. The van der Waals surface area contributed by atoms with Gasteiger partial charge in [0.2, 0.25) is 0 Å². The maximum absolute atomic E-state index is 12.7. The van der Waals surface area contributed by atoms with Gasteiger partial charge in [0.05, 0.1) is 34.4 Å². The van der Waals surface area contributed by atoms with Crippen molar-refractivity contribution < 1.29 is 38.2 Å². The van der Waals surface area contributed by atoms with Crippen molar-refractivity contribution in [3.63, 3.8) is 0 Å². The van der Waals surface area contributed by atoms with Crippen LogP contribution in [0, 0.1) is 0 Å². The monoisotopic (exact) mass is 721 g/mol. The lowest BCUT2D eigenvalue weighted by molar-refractivity contribution is -0.887. The molecule has 0 aliphatic carbocycles. The molecule has 1 N–H and O–H groups in total. The van der Waals surface area contributed by atoms with Crippen LogP contribution in [0.25, 0.3) is 0 Å². The molecule has 0 spiro atoms. The van der Waals surface area contributed by atoms with Gasteiger partial charge in [-0.1, -0.05) is 147 Å². The Morgan fingerprint density at radius 1 is 0.608 bits per heavy atom. The quantitative estimate of drug-likeness (QED) is 0.0298. The molecule has 2 atom stereocenters. The minimum Gasteiger partial charge on any atom is -0.477 e. The van der Waals surface area contributed by atoms with Crippen LogP contribution in [0.3, 0.4) is 0 Å². The topological polar surface area (TPSA) is 99.1 Å². The molecule has 0 bridgehead atoms. The Hall–Kier alpha value is -2.45. The van der Waals surface area contributed by atoms with Crippen LogP contribution in [0.2, 0.25) is 0 Å². The second kappa shape index (κ2) is 34.6. The Morgan fingerprint density at radius 3 is 1.61 bits per heavy atom. The lowest BCUT2D eigenvalue weighted by atomic mass is 10.0. The highest BCUT2D eigenvalue weighted by Gasteiger charge is 2.31. The molecule has 0 aromatic rings. The van der Waals surface area contributed by atoms with Crippen molar-refractivity contribution in [2.45, 2.75) is 180 Å². The third kappa shape index (κ3) is 33.2. The second-order valence-corrected chi connectivity index (χ2v) is 14.9. The number of ether oxygens (including phenoxy) is 3. The van der Waals surface area contributed by atoms with Crippen LogP contribution in [0.1, 0.15) is 168 Å². The summed E-state index contributed by atoms with van der Waals surface area (Å²) in [6.45, 7) is 4.56. The molecule has 8 nitrogen and oxygen atoms in total. The number of carboxylic acids is 1. The number of carbonyl (C=O) groups excluding carboxylic acids is 2. The first-order chi connectivity index (χ1) is 24.6. The SMILES string of the molecule is CC/C=C/C/C=C/C/C=C/CCCC(=O)OCC(COCCC(C(=O)O)[N+](C)(C)C)OC(=O)CCCCCCCCCCCCCCCCCC. The Labute approximate surface area is 313 Å². The predicted octanol–water partition coefficient (Wildman–Crippen LogP) is 10.7. The minimum absolute atomic E-state index is 0.0476. The van der Waals surface area contributed by atoms with Crippen molar-refractivity contribution in [3.05, 3.63) is 36.5 Å². The largest absolute Gasteiger partial charge is 0.477 e. The highest BCUT2D eigenvalue weighted by atomic mass is 16.6. The van der Waals surface area contributed by atoms with Crippen molar-refractivity contribution >= 4 is 17.9 Å². The van der Waals surface area contributed by atoms with Crippen LogP contribution in [0.4, 0.5) is 0 Å². The highest BCUT2D eigenvalue weighted by Crippen LogP contribution is 2.15. The fraction of sp³-hybridized carbons (Fsp3) is 0.791. The maximum atomic E-state index is 12.7. The molecule has 0 saturated heterocycles. The number of hydrogen-bond donors (Lipinski definition) is 1. The smallest absolute Gasteiger partial charge is 0.362 e. The number of carbonyl (C=O) groups is 3. The summed E-state index contributed by atoms with van der Waals surface area (Å²) in [5.41, 5.74) is 0. The van der Waals surface area contributed by atoms with Crippen LogP contribution in [0.15, 0.2) is 36.5 Å². The molecule has 0 fully saturated rings. The predicted molar refractivity (Wildman–Crippen MR) is 211 cm³/mol. The van der Waals surface area contributed by atoms with Crippen molar-refractivity contribution in [3.8, 4) is 0 Å². The van der Waals surface area contributed by atoms with Gasteiger partial charge >= 0.3 is 17.9 Å². The summed E-state index contributed by atoms with van der Waals surface area (Å²) in [7, 11) is 5.51. The van der Waals surface area contributed by atoms with Crippen LogP contribution >= 0.6 is 0 Å². The van der Waals surface area contributed by atoms with E-state index in [1.807, 2.05) is 21.1 Å². The number of aliphatic carboxylic acids is 1. The first-order valence-corrected chi connectivity index (χ1v) is 20.5. The third-order valence-corrected chi connectivity index (χ3v) is 9.05. The van der Waals surface area contributed by atoms with Gasteiger partial charge in [-0.05, 0) is 38.5 Å². The number of unbranched alkanes of at least 4 members (excludes halogenated alkanes) is 16. The van der Waals surface area contributed by atoms with E-state index in [1.165, 1.54) is 83.5 Å². The van der Waals surface area contributed by atoms with Crippen LogP contribution in [0.5, 0.6) is 0 Å². The second-order valence-electron chi connectivity index (χ2n) is 14.9. The van der Waals surface area contributed by atoms with Crippen molar-refractivity contribution in [1.82, 2.24) is 0 Å². The number of rotatable bonds is 36. The third-order valence-electron chi connectivity index (χ3n) is 9.05. The maximum Gasteiger partial charge on any atom is 0.362 e. The molecule has 51 heavy (non-hydrogen) atoms. The van der Waals surface area contributed by atoms with E-state index in [2.05, 4.69) is 50.3 Å². The summed E-state index contributed by atoms with van der Waals surface area (Å²) in [6.07, 6.45) is 37.7.